The van der Waals surface area contributed by atoms with E-state index in [-0.39, 0.29) is 24.4 Å². The molecule has 138 valence electrons. The number of carboxylic acid groups (broad SMARTS) is 1. The summed E-state index contributed by atoms with van der Waals surface area (Å²) in [6, 6.07) is 5.49. The lowest BCUT2D eigenvalue weighted by atomic mass is 10.1. The van der Waals surface area contributed by atoms with Crippen LogP contribution in [-0.2, 0) is 20.8 Å². The molecule has 9 heteroatoms. The second-order valence-electron chi connectivity index (χ2n) is 5.38. The number of unbranched alkanes of at least 4 members (excludes halogenated alkanes) is 2. The molecule has 0 atom stereocenters. The molecule has 1 rings (SSSR count). The minimum atomic E-state index is -4.96. The number of anilines is 1. The van der Waals surface area contributed by atoms with E-state index in [0.717, 1.165) is 0 Å². The van der Waals surface area contributed by atoms with Crippen molar-refractivity contribution < 1.29 is 32.7 Å². The third-order valence-electron chi connectivity index (χ3n) is 3.22. The predicted molar refractivity (Wildman–Crippen MR) is 83.9 cm³/mol. The number of amides is 2. The Hall–Kier alpha value is -2.58. The van der Waals surface area contributed by atoms with Crippen LogP contribution < -0.4 is 10.6 Å². The molecule has 2 amide bonds. The predicted octanol–water partition coefficient (Wildman–Crippen LogP) is 2.49. The number of carboxylic acids is 1. The van der Waals surface area contributed by atoms with Gasteiger partial charge in [-0.2, -0.15) is 13.2 Å². The average Bonchev–Trinajstić information content (AvgIpc) is 2.51. The average molecular weight is 360 g/mol. The quantitative estimate of drug-likeness (QED) is 0.590. The van der Waals surface area contributed by atoms with Gasteiger partial charge in [-0.3, -0.25) is 14.4 Å². The fourth-order valence-corrected chi connectivity index (χ4v) is 1.96. The summed E-state index contributed by atoms with van der Waals surface area (Å²) in [5, 5.41) is 12.9. The number of aliphatic carboxylic acids is 1. The molecule has 1 aromatic carbocycles. The van der Waals surface area contributed by atoms with E-state index in [4.69, 9.17) is 5.11 Å². The van der Waals surface area contributed by atoms with E-state index >= 15 is 0 Å². The van der Waals surface area contributed by atoms with E-state index < -0.39 is 18.1 Å². The Bertz CT molecular complexity index is 600. The number of halogens is 3. The second kappa shape index (κ2) is 9.65. The normalized spacial score (nSPS) is 11.0. The van der Waals surface area contributed by atoms with Gasteiger partial charge in [0, 0.05) is 18.7 Å². The van der Waals surface area contributed by atoms with Crippen LogP contribution in [-0.4, -0.2) is 35.6 Å². The summed E-state index contributed by atoms with van der Waals surface area (Å²) < 4.78 is 36.4. The van der Waals surface area contributed by atoms with Crippen LogP contribution >= 0.6 is 0 Å². The van der Waals surface area contributed by atoms with Gasteiger partial charge in [0.25, 0.3) is 0 Å². The SMILES string of the molecule is O=C(O)CCCCCNC(=O)Cc1ccc(NC(=O)C(F)(F)F)cc1. The lowest BCUT2D eigenvalue weighted by Crippen LogP contribution is -2.29. The Morgan fingerprint density at radius 1 is 1.00 bits per heavy atom. The molecule has 0 saturated heterocycles. The molecule has 1 aromatic rings. The molecule has 25 heavy (non-hydrogen) atoms. The van der Waals surface area contributed by atoms with E-state index in [1.807, 2.05) is 0 Å². The first-order chi connectivity index (χ1) is 11.7. The maximum absolute atomic E-state index is 12.1. The standard InChI is InChI=1S/C16H19F3N2O4/c17-16(18,19)15(25)21-12-7-5-11(6-8-12)10-13(22)20-9-3-1-2-4-14(23)24/h5-8H,1-4,9-10H2,(H,20,22)(H,21,25)(H,23,24). The minimum absolute atomic E-state index is 0.00934. The highest BCUT2D eigenvalue weighted by Crippen LogP contribution is 2.18. The van der Waals surface area contributed by atoms with Crippen molar-refractivity contribution >= 4 is 23.5 Å². The van der Waals surface area contributed by atoms with Crippen LogP contribution in [0.2, 0.25) is 0 Å². The molecule has 0 aliphatic carbocycles. The Kier molecular flexibility index (Phi) is 7.90. The summed E-state index contributed by atoms with van der Waals surface area (Å²) in [6.45, 7) is 0.429. The van der Waals surface area contributed by atoms with Crippen molar-refractivity contribution in [1.82, 2.24) is 5.32 Å². The summed E-state index contributed by atoms with van der Waals surface area (Å²) in [7, 11) is 0. The molecule has 0 aliphatic heterocycles. The zero-order valence-corrected chi connectivity index (χ0v) is 13.4. The van der Waals surface area contributed by atoms with Gasteiger partial charge in [-0.15, -0.1) is 0 Å². The van der Waals surface area contributed by atoms with E-state index in [2.05, 4.69) is 5.32 Å². The van der Waals surface area contributed by atoms with Gasteiger partial charge in [0.05, 0.1) is 6.42 Å². The zero-order valence-electron chi connectivity index (χ0n) is 13.4. The van der Waals surface area contributed by atoms with E-state index in [1.54, 1.807) is 5.32 Å². The molecule has 0 spiro atoms. The second-order valence-corrected chi connectivity index (χ2v) is 5.38. The van der Waals surface area contributed by atoms with Crippen molar-refractivity contribution in [2.75, 3.05) is 11.9 Å². The molecule has 0 bridgehead atoms. The highest BCUT2D eigenvalue weighted by atomic mass is 19.4. The van der Waals surface area contributed by atoms with Gasteiger partial charge in [0.15, 0.2) is 0 Å². The first-order valence-electron chi connectivity index (χ1n) is 7.64. The van der Waals surface area contributed by atoms with Crippen LogP contribution in [0.25, 0.3) is 0 Å². The van der Waals surface area contributed by atoms with Crippen LogP contribution in [0.3, 0.4) is 0 Å². The van der Waals surface area contributed by atoms with Crippen LogP contribution in [0.15, 0.2) is 24.3 Å². The molecule has 3 N–H and O–H groups in total. The van der Waals surface area contributed by atoms with E-state index in [0.29, 0.717) is 31.4 Å². The monoisotopic (exact) mass is 360 g/mol. The third-order valence-corrected chi connectivity index (χ3v) is 3.22. The summed E-state index contributed by atoms with van der Waals surface area (Å²) in [6.07, 6.45) is -2.88. The Morgan fingerprint density at radius 3 is 2.20 bits per heavy atom. The molecule has 0 saturated carbocycles. The molecule has 0 heterocycles. The van der Waals surface area contributed by atoms with Crippen molar-refractivity contribution in [2.24, 2.45) is 0 Å². The van der Waals surface area contributed by atoms with Crippen molar-refractivity contribution in [3.63, 3.8) is 0 Å². The van der Waals surface area contributed by atoms with Gasteiger partial charge >= 0.3 is 18.1 Å². The number of alkyl halides is 3. The summed E-state index contributed by atoms with van der Waals surface area (Å²) in [5.41, 5.74) is 0.582. The van der Waals surface area contributed by atoms with Gasteiger partial charge in [-0.1, -0.05) is 18.6 Å². The minimum Gasteiger partial charge on any atom is -0.481 e. The van der Waals surface area contributed by atoms with Crippen LogP contribution in [0.1, 0.15) is 31.2 Å². The van der Waals surface area contributed by atoms with Crippen molar-refractivity contribution in [3.05, 3.63) is 29.8 Å². The van der Waals surface area contributed by atoms with Gasteiger partial charge in [0.2, 0.25) is 5.91 Å². The maximum Gasteiger partial charge on any atom is 0.471 e. The molecular formula is C16H19F3N2O4. The summed E-state index contributed by atoms with van der Waals surface area (Å²) in [4.78, 5) is 32.8. The Balaban J connectivity index is 2.31. The largest absolute Gasteiger partial charge is 0.481 e. The lowest BCUT2D eigenvalue weighted by Gasteiger charge is -2.09. The number of carbonyl (C=O) groups is 3. The van der Waals surface area contributed by atoms with E-state index in [9.17, 15) is 27.6 Å². The van der Waals surface area contributed by atoms with Gasteiger partial charge < -0.3 is 15.7 Å². The molecule has 0 aliphatic rings. The van der Waals surface area contributed by atoms with Gasteiger partial charge in [-0.05, 0) is 30.5 Å². The fourth-order valence-electron chi connectivity index (χ4n) is 1.96. The number of nitrogens with one attached hydrogen (secondary N) is 2. The summed E-state index contributed by atoms with van der Waals surface area (Å²) in [5.74, 6) is -3.15. The molecule has 6 nitrogen and oxygen atoms in total. The van der Waals surface area contributed by atoms with Crippen molar-refractivity contribution in [1.29, 1.82) is 0 Å². The van der Waals surface area contributed by atoms with E-state index in [1.165, 1.54) is 24.3 Å². The maximum atomic E-state index is 12.1. The molecular weight excluding hydrogens is 341 g/mol. The highest BCUT2D eigenvalue weighted by molar-refractivity contribution is 5.94. The highest BCUT2D eigenvalue weighted by Gasteiger charge is 2.38. The topological polar surface area (TPSA) is 95.5 Å². The molecule has 0 aromatic heterocycles. The van der Waals surface area contributed by atoms with Crippen molar-refractivity contribution in [3.8, 4) is 0 Å². The van der Waals surface area contributed by atoms with Gasteiger partial charge in [-0.25, -0.2) is 0 Å². The number of hydrogen-bond acceptors (Lipinski definition) is 3. The van der Waals surface area contributed by atoms with Crippen LogP contribution in [0.5, 0.6) is 0 Å². The summed E-state index contributed by atoms with van der Waals surface area (Å²) >= 11 is 0. The number of benzene rings is 1. The fraction of sp³-hybridized carbons (Fsp3) is 0.438. The molecule has 0 fully saturated rings. The molecule has 0 radical (unpaired) electrons. The first kappa shape index (κ1) is 20.5. The zero-order chi connectivity index (χ0) is 18.9. The Labute approximate surface area is 142 Å². The first-order valence-corrected chi connectivity index (χ1v) is 7.64. The Morgan fingerprint density at radius 2 is 1.64 bits per heavy atom. The number of hydrogen-bond donors (Lipinski definition) is 3. The molecule has 0 unspecified atom stereocenters. The van der Waals surface area contributed by atoms with Gasteiger partial charge in [0.1, 0.15) is 0 Å². The number of carbonyl (C=O) groups excluding carboxylic acids is 2. The van der Waals surface area contributed by atoms with Crippen molar-refractivity contribution in [2.45, 2.75) is 38.3 Å². The third kappa shape index (κ3) is 8.73. The lowest BCUT2D eigenvalue weighted by molar-refractivity contribution is -0.167. The van der Waals surface area contributed by atoms with Crippen LogP contribution in [0, 0.1) is 0 Å². The number of rotatable bonds is 9. The smallest absolute Gasteiger partial charge is 0.471 e. The van der Waals surface area contributed by atoms with Crippen LogP contribution in [0.4, 0.5) is 18.9 Å².